The lowest BCUT2D eigenvalue weighted by molar-refractivity contribution is -0.421. The maximum absolute atomic E-state index is 12.2. The number of nitro groups is 1. The second-order valence-electron chi connectivity index (χ2n) is 6.77. The van der Waals surface area contributed by atoms with Crippen LogP contribution in [0.3, 0.4) is 0 Å². The van der Waals surface area contributed by atoms with Crippen molar-refractivity contribution in [2.24, 2.45) is 0 Å². The van der Waals surface area contributed by atoms with Gasteiger partial charge in [0, 0.05) is 11.1 Å². The minimum absolute atomic E-state index is 0.0340. The number of hydrogen-bond donors (Lipinski definition) is 0. The van der Waals surface area contributed by atoms with Crippen molar-refractivity contribution in [2.75, 3.05) is 13.2 Å². The molecule has 10 heteroatoms. The van der Waals surface area contributed by atoms with Gasteiger partial charge in [-0.3, -0.25) is 10.1 Å². The summed E-state index contributed by atoms with van der Waals surface area (Å²) in [6.07, 6.45) is 2.81. The average molecular weight is 486 g/mol. The van der Waals surface area contributed by atoms with E-state index in [1.807, 2.05) is 0 Å². The molecule has 1 atom stereocenters. The Kier molecular flexibility index (Phi) is 11.5. The highest BCUT2D eigenvalue weighted by molar-refractivity contribution is 6.35. The Morgan fingerprint density at radius 2 is 1.94 bits per heavy atom. The Balaban J connectivity index is 2.68. The van der Waals surface area contributed by atoms with Gasteiger partial charge in [-0.2, -0.15) is 0 Å². The molecule has 1 unspecified atom stereocenters. The first-order valence-corrected chi connectivity index (χ1v) is 10.4. The fraction of sp³-hybridized carbons (Fsp3) is 0.364. The maximum atomic E-state index is 12.2. The summed E-state index contributed by atoms with van der Waals surface area (Å²) < 4.78 is 15.5. The topological polar surface area (TPSA) is 105 Å². The van der Waals surface area contributed by atoms with Gasteiger partial charge in [0.25, 0.3) is 0 Å². The van der Waals surface area contributed by atoms with Gasteiger partial charge in [-0.25, -0.2) is 9.59 Å². The Labute approximate surface area is 196 Å². The summed E-state index contributed by atoms with van der Waals surface area (Å²) in [4.78, 5) is 34.0. The molecule has 8 nitrogen and oxygen atoms in total. The molecule has 0 bridgehead atoms. The largest absolute Gasteiger partial charge is 0.480 e. The number of esters is 2. The molecule has 0 radical (unpaired) electrons. The zero-order valence-electron chi connectivity index (χ0n) is 18.1. The first-order valence-electron chi connectivity index (χ1n) is 9.66. The van der Waals surface area contributed by atoms with Crippen molar-refractivity contribution in [3.05, 3.63) is 73.9 Å². The molecule has 32 heavy (non-hydrogen) atoms. The van der Waals surface area contributed by atoms with Crippen LogP contribution in [-0.2, 0) is 19.1 Å². The Morgan fingerprint density at radius 3 is 2.50 bits per heavy atom. The molecule has 0 aromatic heterocycles. The number of carbonyl (C=O) groups excluding carboxylic acids is 2. The summed E-state index contributed by atoms with van der Waals surface area (Å²) in [6.45, 7) is 8.54. The monoisotopic (exact) mass is 485 g/mol. The number of benzene rings is 1. The Hall–Kier alpha value is -2.84. The molecule has 0 saturated heterocycles. The predicted molar refractivity (Wildman–Crippen MR) is 121 cm³/mol. The van der Waals surface area contributed by atoms with Crippen LogP contribution in [0.15, 0.2) is 53.8 Å². The summed E-state index contributed by atoms with van der Waals surface area (Å²) in [5, 5.41) is 11.7. The van der Waals surface area contributed by atoms with Crippen LogP contribution in [0.2, 0.25) is 10.0 Å². The van der Waals surface area contributed by atoms with Crippen molar-refractivity contribution >= 4 is 35.1 Å². The van der Waals surface area contributed by atoms with Crippen LogP contribution >= 0.6 is 23.2 Å². The molecule has 0 fully saturated rings. The molecule has 0 aliphatic rings. The quantitative estimate of drug-likeness (QED) is 0.0985. The molecule has 0 spiro atoms. The van der Waals surface area contributed by atoms with Gasteiger partial charge < -0.3 is 14.2 Å². The molecule has 0 heterocycles. The Bertz CT molecular complexity index is 925. The van der Waals surface area contributed by atoms with Gasteiger partial charge in [0.15, 0.2) is 6.61 Å². The highest BCUT2D eigenvalue weighted by Crippen LogP contribution is 2.27. The fourth-order valence-electron chi connectivity index (χ4n) is 2.40. The number of hydrogen-bond acceptors (Lipinski definition) is 7. The molecule has 1 rings (SSSR count). The molecule has 174 valence electrons. The lowest BCUT2D eigenvalue weighted by atomic mass is 10.0. The van der Waals surface area contributed by atoms with E-state index in [0.29, 0.717) is 29.2 Å². The van der Waals surface area contributed by atoms with E-state index in [2.05, 4.69) is 11.3 Å². The number of nitrogens with zero attached hydrogens (tertiary/aromatic N) is 1. The van der Waals surface area contributed by atoms with E-state index in [9.17, 15) is 19.7 Å². The van der Waals surface area contributed by atoms with Gasteiger partial charge in [0.05, 0.1) is 16.6 Å². The molecule has 0 amide bonds. The normalized spacial score (nSPS) is 12.7. The zero-order chi connectivity index (χ0) is 24.3. The van der Waals surface area contributed by atoms with Crippen LogP contribution in [0.4, 0.5) is 0 Å². The van der Waals surface area contributed by atoms with Crippen LogP contribution in [-0.4, -0.2) is 36.2 Å². The van der Waals surface area contributed by atoms with Crippen molar-refractivity contribution in [1.29, 1.82) is 0 Å². The molecule has 0 N–H and O–H groups in total. The molecule has 0 aliphatic heterocycles. The van der Waals surface area contributed by atoms with E-state index >= 15 is 0 Å². The molecule has 0 saturated carbocycles. The lowest BCUT2D eigenvalue weighted by Crippen LogP contribution is -2.23. The smallest absolute Gasteiger partial charge is 0.409 e. The van der Waals surface area contributed by atoms with Gasteiger partial charge >= 0.3 is 17.6 Å². The third kappa shape index (κ3) is 9.53. The molecular weight excluding hydrogens is 461 g/mol. The summed E-state index contributed by atoms with van der Waals surface area (Å²) in [7, 11) is 0. The average Bonchev–Trinajstić information content (AvgIpc) is 2.70. The summed E-state index contributed by atoms with van der Waals surface area (Å²) >= 11 is 11.8. The molecule has 1 aromatic carbocycles. The van der Waals surface area contributed by atoms with E-state index in [4.69, 9.17) is 32.7 Å². The van der Waals surface area contributed by atoms with Crippen LogP contribution in [0, 0.1) is 10.1 Å². The lowest BCUT2D eigenvalue weighted by Gasteiger charge is -2.18. The highest BCUT2D eigenvalue weighted by Gasteiger charge is 2.22. The van der Waals surface area contributed by atoms with Gasteiger partial charge in [-0.05, 0) is 57.4 Å². The van der Waals surface area contributed by atoms with Crippen LogP contribution in [0.25, 0.3) is 0 Å². The number of halogens is 2. The molecular formula is C22H25Cl2NO7. The second-order valence-corrected chi connectivity index (χ2v) is 7.61. The molecule has 0 aliphatic carbocycles. The van der Waals surface area contributed by atoms with E-state index in [-0.39, 0.29) is 18.2 Å². The minimum atomic E-state index is -1.00. The third-order valence-corrected chi connectivity index (χ3v) is 4.60. The van der Waals surface area contributed by atoms with Crippen molar-refractivity contribution < 1.29 is 28.7 Å². The van der Waals surface area contributed by atoms with E-state index < -0.39 is 28.7 Å². The number of carbonyl (C=O) groups is 2. The number of ether oxygens (including phenoxy) is 3. The third-order valence-electron chi connectivity index (χ3n) is 4.07. The van der Waals surface area contributed by atoms with Crippen LogP contribution in [0.5, 0.6) is 5.75 Å². The van der Waals surface area contributed by atoms with Crippen molar-refractivity contribution in [3.8, 4) is 5.75 Å². The molecule has 1 aromatic rings. The van der Waals surface area contributed by atoms with Gasteiger partial charge in [-0.15, -0.1) is 0 Å². The number of rotatable bonds is 12. The van der Waals surface area contributed by atoms with Crippen molar-refractivity contribution in [3.63, 3.8) is 0 Å². The first kappa shape index (κ1) is 27.2. The minimum Gasteiger partial charge on any atom is -0.480 e. The van der Waals surface area contributed by atoms with E-state index in [0.717, 1.165) is 11.6 Å². The van der Waals surface area contributed by atoms with E-state index in [1.165, 1.54) is 12.1 Å². The first-order chi connectivity index (χ1) is 15.0. The Morgan fingerprint density at radius 1 is 1.25 bits per heavy atom. The summed E-state index contributed by atoms with van der Waals surface area (Å²) in [5.74, 6) is -1.31. The highest BCUT2D eigenvalue weighted by atomic mass is 35.5. The standard InChI is InChI=1S/C22H25Cl2NO7/c1-5-30-22(27)18(25(28)29)9-6-15(4)7-10-19(14(2)3)32-21(26)13-31-20-11-8-16(23)12-17(20)24/h6,8-9,11-12,19H,2,5,7,10,13H2,1,3-4H3. The zero-order valence-corrected chi connectivity index (χ0v) is 19.6. The van der Waals surface area contributed by atoms with Crippen molar-refractivity contribution in [2.45, 2.75) is 39.7 Å². The van der Waals surface area contributed by atoms with Gasteiger partial charge in [-0.1, -0.05) is 41.4 Å². The van der Waals surface area contributed by atoms with Gasteiger partial charge in [0.2, 0.25) is 0 Å². The summed E-state index contributed by atoms with van der Waals surface area (Å²) in [5.41, 5.74) is 0.705. The fourth-order valence-corrected chi connectivity index (χ4v) is 2.86. The van der Waals surface area contributed by atoms with Crippen molar-refractivity contribution in [1.82, 2.24) is 0 Å². The van der Waals surface area contributed by atoms with Crippen LogP contribution in [0.1, 0.15) is 33.6 Å². The number of allylic oxidation sites excluding steroid dienone is 3. The second kappa shape index (κ2) is 13.5. The summed E-state index contributed by atoms with van der Waals surface area (Å²) in [6, 6.07) is 4.63. The van der Waals surface area contributed by atoms with Gasteiger partial charge in [0.1, 0.15) is 11.9 Å². The van der Waals surface area contributed by atoms with Crippen LogP contribution < -0.4 is 4.74 Å². The maximum Gasteiger partial charge on any atom is 0.409 e. The van der Waals surface area contributed by atoms with E-state index in [1.54, 1.807) is 32.9 Å². The SMILES string of the molecule is C=C(C)C(CCC(C)=CC=C(C(=O)OCC)[N+](=O)[O-])OC(=O)COc1ccc(Cl)cc1Cl. The predicted octanol–water partition coefficient (Wildman–Crippen LogP) is 5.31.